The van der Waals surface area contributed by atoms with Crippen LogP contribution in [0.3, 0.4) is 0 Å². The van der Waals surface area contributed by atoms with E-state index in [1.54, 1.807) is 23.1 Å². The molecular formula is C25H33N3OS2. The lowest BCUT2D eigenvalue weighted by molar-refractivity contribution is -0.116. The Morgan fingerprint density at radius 3 is 2.45 bits per heavy atom. The molecule has 4 nitrogen and oxygen atoms in total. The molecule has 0 aliphatic heterocycles. The standard InChI is InChI=1S/C25H33N3OS2/c1-16(2)19-9-8-10-20(17(3)4)24(19)28-23(29)11-6-5-7-14-30-25-27-21-13-12-18(26)15-22(21)31-25/h8-10,12-13,15-17H,5-7,11,14,26H2,1-4H3,(H,28,29). The molecule has 0 aliphatic rings. The van der Waals surface area contributed by atoms with Gasteiger partial charge in [0, 0.05) is 23.5 Å². The largest absolute Gasteiger partial charge is 0.399 e. The van der Waals surface area contributed by atoms with Crippen molar-refractivity contribution in [1.29, 1.82) is 0 Å². The number of amides is 1. The van der Waals surface area contributed by atoms with Gasteiger partial charge in [0.1, 0.15) is 0 Å². The first-order valence-electron chi connectivity index (χ1n) is 11.1. The molecule has 1 aromatic heterocycles. The lowest BCUT2D eigenvalue weighted by atomic mass is 9.92. The summed E-state index contributed by atoms with van der Waals surface area (Å²) in [6.45, 7) is 8.70. The van der Waals surface area contributed by atoms with E-state index in [0.717, 1.165) is 50.9 Å². The van der Waals surface area contributed by atoms with Crippen LogP contribution in [-0.4, -0.2) is 16.6 Å². The molecule has 1 heterocycles. The van der Waals surface area contributed by atoms with Crippen LogP contribution in [0.15, 0.2) is 40.7 Å². The summed E-state index contributed by atoms with van der Waals surface area (Å²) >= 11 is 3.49. The van der Waals surface area contributed by atoms with Gasteiger partial charge in [0.2, 0.25) is 5.91 Å². The van der Waals surface area contributed by atoms with Crippen LogP contribution < -0.4 is 11.1 Å². The van der Waals surface area contributed by atoms with Gasteiger partial charge < -0.3 is 11.1 Å². The number of carbonyl (C=O) groups excluding carboxylic acids is 1. The summed E-state index contributed by atoms with van der Waals surface area (Å²) in [6, 6.07) is 12.2. The minimum Gasteiger partial charge on any atom is -0.399 e. The van der Waals surface area contributed by atoms with Gasteiger partial charge in [-0.3, -0.25) is 4.79 Å². The smallest absolute Gasteiger partial charge is 0.224 e. The third-order valence-corrected chi connectivity index (χ3v) is 7.55. The molecule has 0 radical (unpaired) electrons. The minimum absolute atomic E-state index is 0.117. The fraction of sp³-hybridized carbons (Fsp3) is 0.440. The van der Waals surface area contributed by atoms with E-state index in [4.69, 9.17) is 5.73 Å². The predicted molar refractivity (Wildman–Crippen MR) is 136 cm³/mol. The van der Waals surface area contributed by atoms with Gasteiger partial charge in [0.15, 0.2) is 4.34 Å². The van der Waals surface area contributed by atoms with Crippen LogP contribution in [-0.2, 0) is 4.79 Å². The van der Waals surface area contributed by atoms with Crippen LogP contribution in [0.4, 0.5) is 11.4 Å². The second-order valence-corrected chi connectivity index (χ2v) is 10.9. The van der Waals surface area contributed by atoms with Crippen LogP contribution in [0.2, 0.25) is 0 Å². The van der Waals surface area contributed by atoms with Gasteiger partial charge in [-0.25, -0.2) is 4.98 Å². The molecule has 1 amide bonds. The van der Waals surface area contributed by atoms with Gasteiger partial charge in [-0.1, -0.05) is 64.1 Å². The maximum absolute atomic E-state index is 12.6. The first kappa shape index (κ1) is 23.6. The van der Waals surface area contributed by atoms with E-state index in [1.165, 1.54) is 11.1 Å². The normalized spacial score (nSPS) is 11.5. The van der Waals surface area contributed by atoms with Crippen molar-refractivity contribution in [3.63, 3.8) is 0 Å². The fourth-order valence-corrected chi connectivity index (χ4v) is 5.79. The first-order chi connectivity index (χ1) is 14.8. The number of nitrogens with two attached hydrogens (primary N) is 1. The molecule has 0 unspecified atom stereocenters. The van der Waals surface area contributed by atoms with Crippen LogP contribution in [0.1, 0.15) is 76.3 Å². The lowest BCUT2D eigenvalue weighted by Gasteiger charge is -2.20. The number of nitrogen functional groups attached to an aromatic ring is 1. The van der Waals surface area contributed by atoms with Gasteiger partial charge in [-0.2, -0.15) is 0 Å². The highest BCUT2D eigenvalue weighted by Crippen LogP contribution is 2.33. The molecular weight excluding hydrogens is 422 g/mol. The maximum Gasteiger partial charge on any atom is 0.224 e. The zero-order valence-electron chi connectivity index (χ0n) is 18.9. The van der Waals surface area contributed by atoms with Crippen LogP contribution in [0.5, 0.6) is 0 Å². The minimum atomic E-state index is 0.117. The molecule has 3 N–H and O–H groups in total. The molecule has 31 heavy (non-hydrogen) atoms. The van der Waals surface area contributed by atoms with Gasteiger partial charge in [0.05, 0.1) is 10.2 Å². The number of rotatable bonds is 10. The van der Waals surface area contributed by atoms with Gasteiger partial charge in [-0.05, 0) is 54.0 Å². The number of unbranched alkanes of at least 4 members (excludes halogenated alkanes) is 2. The van der Waals surface area contributed by atoms with Crippen molar-refractivity contribution >= 4 is 50.6 Å². The summed E-state index contributed by atoms with van der Waals surface area (Å²) in [5, 5.41) is 3.22. The number of para-hydroxylation sites is 1. The number of fused-ring (bicyclic) bond motifs is 1. The highest BCUT2D eigenvalue weighted by molar-refractivity contribution is 8.01. The number of hydrogen-bond acceptors (Lipinski definition) is 5. The number of thiazole rings is 1. The van der Waals surface area contributed by atoms with Crippen molar-refractivity contribution in [3.8, 4) is 0 Å². The van der Waals surface area contributed by atoms with Crippen molar-refractivity contribution in [2.45, 2.75) is 69.6 Å². The molecule has 0 saturated heterocycles. The number of hydrogen-bond donors (Lipinski definition) is 2. The lowest BCUT2D eigenvalue weighted by Crippen LogP contribution is -2.15. The van der Waals surface area contributed by atoms with Crippen molar-refractivity contribution in [1.82, 2.24) is 4.98 Å². The van der Waals surface area contributed by atoms with Gasteiger partial charge in [0.25, 0.3) is 0 Å². The topological polar surface area (TPSA) is 68.0 Å². The van der Waals surface area contributed by atoms with Crippen molar-refractivity contribution < 1.29 is 4.79 Å². The van der Waals surface area contributed by atoms with Crippen LogP contribution in [0, 0.1) is 0 Å². The van der Waals surface area contributed by atoms with E-state index in [0.29, 0.717) is 18.3 Å². The van der Waals surface area contributed by atoms with Crippen molar-refractivity contribution in [2.75, 3.05) is 16.8 Å². The second kappa shape index (κ2) is 11.0. The molecule has 0 spiro atoms. The van der Waals surface area contributed by atoms with Gasteiger partial charge >= 0.3 is 0 Å². The fourth-order valence-electron chi connectivity index (χ4n) is 3.60. The average molecular weight is 456 g/mol. The van der Waals surface area contributed by atoms with E-state index in [1.807, 2.05) is 18.2 Å². The van der Waals surface area contributed by atoms with E-state index < -0.39 is 0 Å². The Bertz CT molecular complexity index is 1000. The Morgan fingerprint density at radius 1 is 1.06 bits per heavy atom. The summed E-state index contributed by atoms with van der Waals surface area (Å²) in [6.07, 6.45) is 3.59. The molecule has 0 atom stereocenters. The Labute approximate surface area is 194 Å². The summed E-state index contributed by atoms with van der Waals surface area (Å²) < 4.78 is 2.23. The number of aromatic nitrogens is 1. The summed E-state index contributed by atoms with van der Waals surface area (Å²) in [4.78, 5) is 17.3. The molecule has 166 valence electrons. The van der Waals surface area contributed by atoms with Crippen molar-refractivity contribution in [3.05, 3.63) is 47.5 Å². The molecule has 0 saturated carbocycles. The Hall–Kier alpha value is -2.05. The summed E-state index contributed by atoms with van der Waals surface area (Å²) in [7, 11) is 0. The van der Waals surface area contributed by atoms with Crippen LogP contribution in [0.25, 0.3) is 10.2 Å². The molecule has 0 aliphatic carbocycles. The zero-order chi connectivity index (χ0) is 22.4. The number of nitrogens with one attached hydrogen (secondary N) is 1. The number of benzene rings is 2. The molecule has 3 rings (SSSR count). The van der Waals surface area contributed by atoms with Gasteiger partial charge in [-0.15, -0.1) is 11.3 Å². The SMILES string of the molecule is CC(C)c1cccc(C(C)C)c1NC(=O)CCCCCSc1nc2ccc(N)cc2s1. The summed E-state index contributed by atoms with van der Waals surface area (Å²) in [5.74, 6) is 1.89. The second-order valence-electron chi connectivity index (χ2n) is 8.54. The number of carbonyl (C=O) groups is 1. The Balaban J connectivity index is 1.43. The highest BCUT2D eigenvalue weighted by Gasteiger charge is 2.15. The predicted octanol–water partition coefficient (Wildman–Crippen LogP) is 7.42. The molecule has 3 aromatic rings. The molecule has 6 heteroatoms. The zero-order valence-corrected chi connectivity index (χ0v) is 20.5. The monoisotopic (exact) mass is 455 g/mol. The molecule has 0 fully saturated rings. The Morgan fingerprint density at radius 2 is 1.77 bits per heavy atom. The van der Waals surface area contributed by atoms with E-state index >= 15 is 0 Å². The first-order valence-corrected chi connectivity index (χ1v) is 12.9. The number of thioether (sulfide) groups is 1. The average Bonchev–Trinajstić information content (AvgIpc) is 3.12. The highest BCUT2D eigenvalue weighted by atomic mass is 32.2. The third-order valence-electron chi connectivity index (χ3n) is 5.30. The summed E-state index contributed by atoms with van der Waals surface area (Å²) in [5.41, 5.74) is 11.1. The third kappa shape index (κ3) is 6.47. The van der Waals surface area contributed by atoms with E-state index in [-0.39, 0.29) is 5.91 Å². The van der Waals surface area contributed by atoms with E-state index in [9.17, 15) is 4.79 Å². The maximum atomic E-state index is 12.6. The molecule has 0 bridgehead atoms. The molecule has 2 aromatic carbocycles. The van der Waals surface area contributed by atoms with Crippen LogP contribution >= 0.6 is 23.1 Å². The van der Waals surface area contributed by atoms with E-state index in [2.05, 4.69) is 56.2 Å². The number of anilines is 2. The number of nitrogens with zero attached hydrogens (tertiary/aromatic N) is 1. The Kier molecular flexibility index (Phi) is 8.38. The van der Waals surface area contributed by atoms with Crippen molar-refractivity contribution in [2.24, 2.45) is 0 Å². The quantitative estimate of drug-likeness (QED) is 0.190.